The highest BCUT2D eigenvalue weighted by Gasteiger charge is 2.23. The minimum atomic E-state index is -3.56. The van der Waals surface area contributed by atoms with Crippen LogP contribution < -0.4 is 0 Å². The Morgan fingerprint density at radius 1 is 0.950 bits per heavy atom. The van der Waals surface area contributed by atoms with Crippen molar-refractivity contribution in [2.45, 2.75) is 17.7 Å². The Labute approximate surface area is 119 Å². The Morgan fingerprint density at radius 3 is 2.00 bits per heavy atom. The van der Waals surface area contributed by atoms with Gasteiger partial charge in [-0.05, 0) is 17.7 Å². The number of hydrogen-bond acceptors (Lipinski definition) is 3. The number of carbonyl (C=O) groups is 1. The van der Waals surface area contributed by atoms with Gasteiger partial charge in [-0.15, -0.1) is 0 Å². The molecule has 0 fully saturated rings. The molecule has 0 saturated carbocycles. The maximum Gasteiger partial charge on any atom is 0.185 e. The van der Waals surface area contributed by atoms with Crippen molar-refractivity contribution in [1.29, 1.82) is 0 Å². The van der Waals surface area contributed by atoms with Crippen LogP contribution in [0.15, 0.2) is 65.6 Å². The molecule has 0 radical (unpaired) electrons. The van der Waals surface area contributed by atoms with E-state index >= 15 is 0 Å². The van der Waals surface area contributed by atoms with Crippen LogP contribution in [0.25, 0.3) is 0 Å². The fraction of sp³-hybridized carbons (Fsp3) is 0.188. The molecule has 0 N–H and O–H groups in total. The molecule has 20 heavy (non-hydrogen) atoms. The summed E-state index contributed by atoms with van der Waals surface area (Å²) < 4.78 is 24.3. The third-order valence-electron chi connectivity index (χ3n) is 3.22. The molecule has 104 valence electrons. The number of benzene rings is 2. The maximum absolute atomic E-state index is 12.2. The molecule has 2 aromatic carbocycles. The molecular weight excluding hydrogens is 272 g/mol. The number of carbonyl (C=O) groups excluding carboxylic acids is 1. The molecule has 3 nitrogen and oxygen atoms in total. The second kappa shape index (κ2) is 6.01. The molecule has 0 aromatic heterocycles. The number of sulfone groups is 1. The van der Waals surface area contributed by atoms with Gasteiger partial charge in [-0.3, -0.25) is 4.79 Å². The van der Waals surface area contributed by atoms with Crippen LogP contribution in [0.5, 0.6) is 0 Å². The van der Waals surface area contributed by atoms with Crippen LogP contribution in [0, 0.1) is 0 Å². The van der Waals surface area contributed by atoms with Crippen LogP contribution >= 0.6 is 0 Å². The zero-order valence-electron chi connectivity index (χ0n) is 11.2. The van der Waals surface area contributed by atoms with Gasteiger partial charge in [-0.2, -0.15) is 0 Å². The highest BCUT2D eigenvalue weighted by molar-refractivity contribution is 7.92. The van der Waals surface area contributed by atoms with Crippen molar-refractivity contribution in [3.63, 3.8) is 0 Å². The molecule has 0 aliphatic carbocycles. The molecular formula is C16H16O3S. The first-order chi connectivity index (χ1) is 9.50. The summed E-state index contributed by atoms with van der Waals surface area (Å²) in [5.41, 5.74) is 0.834. The molecule has 0 spiro atoms. The van der Waals surface area contributed by atoms with Crippen molar-refractivity contribution in [2.24, 2.45) is 0 Å². The molecule has 0 aliphatic rings. The summed E-state index contributed by atoms with van der Waals surface area (Å²) in [6, 6.07) is 17.3. The van der Waals surface area contributed by atoms with Gasteiger partial charge in [0, 0.05) is 5.92 Å². The van der Waals surface area contributed by atoms with Crippen LogP contribution in [0.4, 0.5) is 0 Å². The van der Waals surface area contributed by atoms with Gasteiger partial charge in [0.1, 0.15) is 5.75 Å². The van der Waals surface area contributed by atoms with Crippen molar-refractivity contribution in [3.8, 4) is 0 Å². The van der Waals surface area contributed by atoms with Gasteiger partial charge >= 0.3 is 0 Å². The van der Waals surface area contributed by atoms with Gasteiger partial charge in [0.15, 0.2) is 15.6 Å². The molecule has 4 heteroatoms. The molecule has 0 aliphatic heterocycles. The van der Waals surface area contributed by atoms with E-state index in [1.54, 1.807) is 25.1 Å². The van der Waals surface area contributed by atoms with E-state index in [0.717, 1.165) is 5.56 Å². The molecule has 0 bridgehead atoms. The first kappa shape index (κ1) is 14.5. The van der Waals surface area contributed by atoms with Gasteiger partial charge in [0.2, 0.25) is 0 Å². The van der Waals surface area contributed by atoms with Crippen LogP contribution in [0.2, 0.25) is 0 Å². The number of ketones is 1. The standard InChI is InChI=1S/C16H16O3S/c1-13(14-8-4-2-5-9-14)16(17)12-20(18,19)15-10-6-3-7-11-15/h2-11,13H,12H2,1H3. The van der Waals surface area contributed by atoms with E-state index in [-0.39, 0.29) is 10.7 Å². The molecule has 1 unspecified atom stereocenters. The van der Waals surface area contributed by atoms with E-state index in [1.807, 2.05) is 30.3 Å². The van der Waals surface area contributed by atoms with Crippen molar-refractivity contribution in [3.05, 3.63) is 66.2 Å². The van der Waals surface area contributed by atoms with Gasteiger partial charge in [0.25, 0.3) is 0 Å². The fourth-order valence-corrected chi connectivity index (χ4v) is 3.31. The third-order valence-corrected chi connectivity index (χ3v) is 4.87. The number of Topliss-reactive ketones (excluding diaryl/α,β-unsaturated/α-hetero) is 1. The number of rotatable bonds is 5. The smallest absolute Gasteiger partial charge is 0.185 e. The summed E-state index contributed by atoms with van der Waals surface area (Å²) in [7, 11) is -3.56. The Balaban J connectivity index is 2.16. The Morgan fingerprint density at radius 2 is 1.45 bits per heavy atom. The normalized spacial score (nSPS) is 12.8. The minimum absolute atomic E-state index is 0.189. The van der Waals surface area contributed by atoms with Crippen molar-refractivity contribution >= 4 is 15.6 Å². The minimum Gasteiger partial charge on any atom is -0.298 e. The summed E-state index contributed by atoms with van der Waals surface area (Å²) in [5, 5.41) is 0. The SMILES string of the molecule is CC(C(=O)CS(=O)(=O)c1ccccc1)c1ccccc1. The largest absolute Gasteiger partial charge is 0.298 e. The summed E-state index contributed by atoms with van der Waals surface area (Å²) in [6.07, 6.45) is 0. The fourth-order valence-electron chi connectivity index (χ4n) is 1.95. The van der Waals surface area contributed by atoms with Crippen molar-refractivity contribution < 1.29 is 13.2 Å². The Kier molecular flexibility index (Phi) is 4.35. The van der Waals surface area contributed by atoms with E-state index in [2.05, 4.69) is 0 Å². The molecule has 0 saturated heterocycles. The monoisotopic (exact) mass is 288 g/mol. The van der Waals surface area contributed by atoms with Crippen LogP contribution in [-0.2, 0) is 14.6 Å². The molecule has 0 amide bonds. The highest BCUT2D eigenvalue weighted by Crippen LogP contribution is 2.19. The van der Waals surface area contributed by atoms with Crippen LogP contribution in [0.3, 0.4) is 0 Å². The zero-order valence-corrected chi connectivity index (χ0v) is 12.0. The second-order valence-electron chi connectivity index (χ2n) is 4.67. The first-order valence-electron chi connectivity index (χ1n) is 6.36. The quantitative estimate of drug-likeness (QED) is 0.850. The van der Waals surface area contributed by atoms with Gasteiger partial charge < -0.3 is 0 Å². The van der Waals surface area contributed by atoms with E-state index in [0.29, 0.717) is 0 Å². The lowest BCUT2D eigenvalue weighted by Crippen LogP contribution is -2.21. The molecule has 1 atom stereocenters. The average molecular weight is 288 g/mol. The second-order valence-corrected chi connectivity index (χ2v) is 6.66. The van der Waals surface area contributed by atoms with Crippen molar-refractivity contribution in [1.82, 2.24) is 0 Å². The average Bonchev–Trinajstić information content (AvgIpc) is 2.48. The third kappa shape index (κ3) is 3.33. The molecule has 0 heterocycles. The van der Waals surface area contributed by atoms with Crippen LogP contribution in [-0.4, -0.2) is 20.0 Å². The van der Waals surface area contributed by atoms with Gasteiger partial charge in [-0.25, -0.2) is 8.42 Å². The highest BCUT2D eigenvalue weighted by atomic mass is 32.2. The van der Waals surface area contributed by atoms with Crippen molar-refractivity contribution in [2.75, 3.05) is 5.75 Å². The Bertz CT molecular complexity index is 676. The zero-order chi connectivity index (χ0) is 14.6. The Hall–Kier alpha value is -1.94. The van der Waals surface area contributed by atoms with E-state index in [4.69, 9.17) is 0 Å². The lowest BCUT2D eigenvalue weighted by atomic mass is 9.98. The number of hydrogen-bond donors (Lipinski definition) is 0. The summed E-state index contributed by atoms with van der Waals surface area (Å²) in [4.78, 5) is 12.3. The predicted octanol–water partition coefficient (Wildman–Crippen LogP) is 2.83. The van der Waals surface area contributed by atoms with E-state index < -0.39 is 21.5 Å². The molecule has 2 aromatic rings. The van der Waals surface area contributed by atoms with E-state index in [9.17, 15) is 13.2 Å². The first-order valence-corrected chi connectivity index (χ1v) is 8.01. The van der Waals surface area contributed by atoms with Gasteiger partial charge in [-0.1, -0.05) is 55.5 Å². The maximum atomic E-state index is 12.2. The van der Waals surface area contributed by atoms with Crippen LogP contribution in [0.1, 0.15) is 18.4 Å². The lowest BCUT2D eigenvalue weighted by Gasteiger charge is -2.11. The molecule has 2 rings (SSSR count). The predicted molar refractivity (Wildman–Crippen MR) is 78.4 cm³/mol. The van der Waals surface area contributed by atoms with Gasteiger partial charge in [0.05, 0.1) is 4.90 Å². The summed E-state index contributed by atoms with van der Waals surface area (Å²) >= 11 is 0. The summed E-state index contributed by atoms with van der Waals surface area (Å²) in [5.74, 6) is -1.18. The lowest BCUT2D eigenvalue weighted by molar-refractivity contribution is -0.117. The summed E-state index contributed by atoms with van der Waals surface area (Å²) in [6.45, 7) is 1.73. The van der Waals surface area contributed by atoms with E-state index in [1.165, 1.54) is 12.1 Å². The topological polar surface area (TPSA) is 51.2 Å².